The van der Waals surface area contributed by atoms with Gasteiger partial charge in [0.25, 0.3) is 0 Å². The summed E-state index contributed by atoms with van der Waals surface area (Å²) >= 11 is 0. The first-order valence-electron chi connectivity index (χ1n) is 7.74. The molecule has 1 aliphatic carbocycles. The van der Waals surface area contributed by atoms with Gasteiger partial charge in [-0.05, 0) is 43.9 Å². The summed E-state index contributed by atoms with van der Waals surface area (Å²) < 4.78 is 2.27. The number of hydrogen-bond donors (Lipinski definition) is 1. The first-order valence-corrected chi connectivity index (χ1v) is 7.74. The Labute approximate surface area is 124 Å². The molecule has 21 heavy (non-hydrogen) atoms. The Hall–Kier alpha value is -1.84. The Kier molecular flexibility index (Phi) is 3.47. The number of nitrogens with zero attached hydrogens (tertiary/aromatic N) is 2. The van der Waals surface area contributed by atoms with Gasteiger partial charge in [0.15, 0.2) is 0 Å². The highest BCUT2D eigenvalue weighted by Gasteiger charge is 2.28. The van der Waals surface area contributed by atoms with Crippen LogP contribution in [0.2, 0.25) is 0 Å². The maximum Gasteiger partial charge on any atom is 0.335 e. The Morgan fingerprint density at radius 3 is 2.57 bits per heavy atom. The summed E-state index contributed by atoms with van der Waals surface area (Å²) in [7, 11) is 0. The van der Waals surface area contributed by atoms with Crippen LogP contribution in [-0.2, 0) is 0 Å². The topological polar surface area (TPSA) is 55.1 Å². The molecule has 1 aromatic heterocycles. The second-order valence-corrected chi connectivity index (χ2v) is 6.43. The average Bonchev–Trinajstić information content (AvgIpc) is 2.74. The normalized spacial score (nSPS) is 17.1. The van der Waals surface area contributed by atoms with Crippen LogP contribution < -0.4 is 0 Å². The number of imidazole rings is 1. The maximum atomic E-state index is 11.2. The van der Waals surface area contributed by atoms with E-state index in [1.807, 2.05) is 6.07 Å². The number of carboxylic acid groups (broad SMARTS) is 1. The summed E-state index contributed by atoms with van der Waals surface area (Å²) in [6.07, 6.45) is 3.83. The summed E-state index contributed by atoms with van der Waals surface area (Å²) in [4.78, 5) is 16.0. The first kappa shape index (κ1) is 14.1. The summed E-state index contributed by atoms with van der Waals surface area (Å²) in [5.74, 6) is 1.19. The number of rotatable bonds is 4. The van der Waals surface area contributed by atoms with Gasteiger partial charge in [0.2, 0.25) is 0 Å². The van der Waals surface area contributed by atoms with Gasteiger partial charge in [-0.25, -0.2) is 9.78 Å². The minimum Gasteiger partial charge on any atom is -0.478 e. The molecule has 1 heterocycles. The summed E-state index contributed by atoms with van der Waals surface area (Å²) in [6, 6.07) is 5.62. The molecule has 0 radical (unpaired) electrons. The molecule has 1 aliphatic rings. The summed E-state index contributed by atoms with van der Waals surface area (Å²) in [5.41, 5.74) is 2.19. The molecule has 1 saturated carbocycles. The van der Waals surface area contributed by atoms with Crippen LogP contribution in [0.4, 0.5) is 0 Å². The van der Waals surface area contributed by atoms with E-state index in [4.69, 9.17) is 4.98 Å². The molecule has 2 aromatic rings. The van der Waals surface area contributed by atoms with Gasteiger partial charge in [-0.3, -0.25) is 0 Å². The van der Waals surface area contributed by atoms with Gasteiger partial charge >= 0.3 is 5.97 Å². The first-order chi connectivity index (χ1) is 9.99. The highest BCUT2D eigenvalue weighted by Crippen LogP contribution is 2.39. The third-order valence-electron chi connectivity index (χ3n) is 4.72. The van der Waals surface area contributed by atoms with Crippen molar-refractivity contribution in [3.8, 4) is 0 Å². The molecule has 0 spiro atoms. The third kappa shape index (κ3) is 2.33. The van der Waals surface area contributed by atoms with Crippen molar-refractivity contribution in [3.05, 3.63) is 29.6 Å². The second kappa shape index (κ2) is 5.17. The van der Waals surface area contributed by atoms with E-state index in [0.717, 1.165) is 16.9 Å². The van der Waals surface area contributed by atoms with Gasteiger partial charge in [-0.2, -0.15) is 0 Å². The van der Waals surface area contributed by atoms with Crippen LogP contribution in [0.3, 0.4) is 0 Å². The monoisotopic (exact) mass is 286 g/mol. The Balaban J connectivity index is 2.18. The van der Waals surface area contributed by atoms with E-state index in [-0.39, 0.29) is 0 Å². The molecule has 3 rings (SSSR count). The van der Waals surface area contributed by atoms with E-state index in [1.54, 1.807) is 12.1 Å². The predicted molar refractivity (Wildman–Crippen MR) is 82.8 cm³/mol. The maximum absolute atomic E-state index is 11.2. The van der Waals surface area contributed by atoms with Gasteiger partial charge in [0.1, 0.15) is 5.82 Å². The fraction of sp³-hybridized carbons (Fsp3) is 0.529. The SMILES string of the molecule is CC(C)c1nc2ccc(C(=O)O)cc2n1C(C)C1CCC1. The van der Waals surface area contributed by atoms with Crippen LogP contribution in [0.5, 0.6) is 0 Å². The van der Waals surface area contributed by atoms with Gasteiger partial charge in [0.05, 0.1) is 16.6 Å². The fourth-order valence-corrected chi connectivity index (χ4v) is 3.21. The largest absolute Gasteiger partial charge is 0.478 e. The zero-order valence-electron chi connectivity index (χ0n) is 12.8. The third-order valence-corrected chi connectivity index (χ3v) is 4.72. The van der Waals surface area contributed by atoms with E-state index in [0.29, 0.717) is 23.4 Å². The minimum absolute atomic E-state index is 0.327. The van der Waals surface area contributed by atoms with Crippen LogP contribution in [0.15, 0.2) is 18.2 Å². The van der Waals surface area contributed by atoms with E-state index in [9.17, 15) is 9.90 Å². The number of aromatic nitrogens is 2. The van der Waals surface area contributed by atoms with E-state index < -0.39 is 5.97 Å². The van der Waals surface area contributed by atoms with E-state index in [1.165, 1.54) is 19.3 Å². The van der Waals surface area contributed by atoms with Crippen molar-refractivity contribution in [2.75, 3.05) is 0 Å². The lowest BCUT2D eigenvalue weighted by molar-refractivity contribution is 0.0697. The number of benzene rings is 1. The lowest BCUT2D eigenvalue weighted by Crippen LogP contribution is -2.24. The van der Waals surface area contributed by atoms with Crippen molar-refractivity contribution in [1.82, 2.24) is 9.55 Å². The van der Waals surface area contributed by atoms with Crippen molar-refractivity contribution in [3.63, 3.8) is 0 Å². The number of hydrogen-bond acceptors (Lipinski definition) is 2. The average molecular weight is 286 g/mol. The lowest BCUT2D eigenvalue weighted by atomic mass is 9.80. The van der Waals surface area contributed by atoms with Crippen molar-refractivity contribution in [2.24, 2.45) is 5.92 Å². The fourth-order valence-electron chi connectivity index (χ4n) is 3.21. The molecule has 1 N–H and O–H groups in total. The quantitative estimate of drug-likeness (QED) is 0.915. The highest BCUT2D eigenvalue weighted by atomic mass is 16.4. The van der Waals surface area contributed by atoms with Crippen molar-refractivity contribution in [1.29, 1.82) is 0 Å². The number of carboxylic acids is 1. The van der Waals surface area contributed by atoms with Crippen molar-refractivity contribution < 1.29 is 9.90 Å². The van der Waals surface area contributed by atoms with Crippen molar-refractivity contribution >= 4 is 17.0 Å². The standard InChI is InChI=1S/C17H22N2O2/c1-10(2)16-18-14-8-7-13(17(20)21)9-15(14)19(16)11(3)12-5-4-6-12/h7-12H,4-6H2,1-3H3,(H,20,21). The Morgan fingerprint density at radius 1 is 1.33 bits per heavy atom. The molecule has 1 fully saturated rings. The minimum atomic E-state index is -0.882. The molecule has 1 aromatic carbocycles. The lowest BCUT2D eigenvalue weighted by Gasteiger charge is -2.34. The molecule has 112 valence electrons. The molecule has 4 nitrogen and oxygen atoms in total. The highest BCUT2D eigenvalue weighted by molar-refractivity contribution is 5.92. The summed E-state index contributed by atoms with van der Waals surface area (Å²) in [6.45, 7) is 6.52. The smallest absolute Gasteiger partial charge is 0.335 e. The molecular weight excluding hydrogens is 264 g/mol. The second-order valence-electron chi connectivity index (χ2n) is 6.43. The van der Waals surface area contributed by atoms with Crippen LogP contribution in [-0.4, -0.2) is 20.6 Å². The number of fused-ring (bicyclic) bond motifs is 1. The van der Waals surface area contributed by atoms with Gasteiger partial charge in [-0.1, -0.05) is 20.3 Å². The van der Waals surface area contributed by atoms with E-state index >= 15 is 0 Å². The predicted octanol–water partition coefficient (Wildman–Crippen LogP) is 4.22. The molecule has 1 atom stereocenters. The molecule has 0 bridgehead atoms. The van der Waals surface area contributed by atoms with Crippen molar-refractivity contribution in [2.45, 2.75) is 52.0 Å². The molecule has 1 unspecified atom stereocenters. The molecule has 0 aliphatic heterocycles. The van der Waals surface area contributed by atoms with Crippen LogP contribution in [0.1, 0.15) is 68.2 Å². The van der Waals surface area contributed by atoms with Crippen LogP contribution in [0.25, 0.3) is 11.0 Å². The number of carbonyl (C=O) groups is 1. The van der Waals surface area contributed by atoms with Gasteiger partial charge in [0, 0.05) is 12.0 Å². The Bertz CT molecular complexity index is 683. The van der Waals surface area contributed by atoms with Gasteiger partial charge in [-0.15, -0.1) is 0 Å². The van der Waals surface area contributed by atoms with Crippen LogP contribution in [0, 0.1) is 5.92 Å². The molecule has 0 amide bonds. The van der Waals surface area contributed by atoms with Crippen LogP contribution >= 0.6 is 0 Å². The van der Waals surface area contributed by atoms with E-state index in [2.05, 4.69) is 25.3 Å². The van der Waals surface area contributed by atoms with Gasteiger partial charge < -0.3 is 9.67 Å². The molecular formula is C17H22N2O2. The molecule has 4 heteroatoms. The number of aromatic carboxylic acids is 1. The zero-order chi connectivity index (χ0) is 15.1. The molecule has 0 saturated heterocycles. The summed E-state index contributed by atoms with van der Waals surface area (Å²) in [5, 5.41) is 9.23. The zero-order valence-corrected chi connectivity index (χ0v) is 12.8. The Morgan fingerprint density at radius 2 is 2.05 bits per heavy atom.